The van der Waals surface area contributed by atoms with Crippen LogP contribution in [0.5, 0.6) is 0 Å². The first-order valence-corrected chi connectivity index (χ1v) is 26.3. The highest BCUT2D eigenvalue weighted by Crippen LogP contribution is 2.47. The number of rotatable bonds is 4. The smallest absolute Gasteiger partial charge is 0.0562 e. The lowest BCUT2D eigenvalue weighted by Gasteiger charge is -2.19. The minimum absolute atomic E-state index is 0.0166. The molecule has 3 heterocycles. The minimum Gasteiger partial charge on any atom is -0.309 e. The molecule has 1 aliphatic carbocycles. The average molecular weight is 948 g/mol. The fourth-order valence-electron chi connectivity index (χ4n) is 12.0. The largest absolute Gasteiger partial charge is 0.309 e. The summed E-state index contributed by atoms with van der Waals surface area (Å²) in [7, 11) is 0. The maximum Gasteiger partial charge on any atom is 0.0562 e. The number of nitrogens with zero attached hydrogens (tertiary/aromatic N) is 3. The summed E-state index contributed by atoms with van der Waals surface area (Å²) in [5, 5.41) is 10.2. The highest BCUT2D eigenvalue weighted by atomic mass is 15.0. The third-order valence-electron chi connectivity index (χ3n) is 16.2. The molecule has 360 valence electrons. The molecular formula is C70H65N3. The predicted molar refractivity (Wildman–Crippen MR) is 316 cm³/mol. The molecular weight excluding hydrogens is 883 g/mol. The van der Waals surface area contributed by atoms with Crippen molar-refractivity contribution < 1.29 is 0 Å². The summed E-state index contributed by atoms with van der Waals surface area (Å²) in [6.45, 7) is 27.8. The zero-order valence-corrected chi connectivity index (χ0v) is 44.6. The van der Waals surface area contributed by atoms with Gasteiger partial charge in [-0.05, 0) is 150 Å². The predicted octanol–water partition coefficient (Wildman–Crippen LogP) is 19.4. The lowest BCUT2D eigenvalue weighted by molar-refractivity contribution is 0.590. The molecule has 9 aromatic carbocycles. The van der Waals surface area contributed by atoms with E-state index in [1.54, 1.807) is 0 Å². The van der Waals surface area contributed by atoms with E-state index in [0.29, 0.717) is 0 Å². The van der Waals surface area contributed by atoms with Crippen LogP contribution in [-0.2, 0) is 21.7 Å². The fraction of sp³-hybridized carbons (Fsp3) is 0.229. The third kappa shape index (κ3) is 6.99. The van der Waals surface area contributed by atoms with E-state index < -0.39 is 0 Å². The van der Waals surface area contributed by atoms with Gasteiger partial charge in [0.1, 0.15) is 0 Å². The van der Waals surface area contributed by atoms with E-state index in [2.05, 4.69) is 273 Å². The third-order valence-corrected chi connectivity index (χ3v) is 16.2. The highest BCUT2D eigenvalue weighted by molar-refractivity contribution is 6.19. The second kappa shape index (κ2) is 15.4. The van der Waals surface area contributed by atoms with E-state index in [0.717, 1.165) is 11.4 Å². The van der Waals surface area contributed by atoms with Crippen LogP contribution in [0.25, 0.3) is 110 Å². The van der Waals surface area contributed by atoms with E-state index in [1.165, 1.54) is 126 Å². The van der Waals surface area contributed by atoms with Gasteiger partial charge in [-0.1, -0.05) is 180 Å². The molecule has 3 nitrogen and oxygen atoms in total. The van der Waals surface area contributed by atoms with Crippen molar-refractivity contribution in [3.05, 3.63) is 203 Å². The van der Waals surface area contributed by atoms with Crippen LogP contribution in [0.3, 0.4) is 0 Å². The Bertz CT molecular complexity index is 3970. The molecule has 0 unspecified atom stereocenters. The molecule has 12 aromatic rings. The first-order chi connectivity index (χ1) is 34.7. The first kappa shape index (κ1) is 45.3. The summed E-state index contributed by atoms with van der Waals surface area (Å²) in [5.41, 5.74) is 21.2. The Morgan fingerprint density at radius 1 is 0.301 bits per heavy atom. The Morgan fingerprint density at radius 3 is 1.14 bits per heavy atom. The molecule has 13 rings (SSSR count). The van der Waals surface area contributed by atoms with Gasteiger partial charge in [0.25, 0.3) is 0 Å². The molecule has 0 atom stereocenters. The van der Waals surface area contributed by atoms with Crippen LogP contribution in [0.1, 0.15) is 116 Å². The maximum absolute atomic E-state index is 2.59. The molecule has 0 radical (unpaired) electrons. The van der Waals surface area contributed by atoms with Crippen LogP contribution in [0.2, 0.25) is 0 Å². The van der Waals surface area contributed by atoms with Gasteiger partial charge < -0.3 is 13.7 Å². The number of aromatic nitrogens is 3. The monoisotopic (exact) mass is 948 g/mol. The zero-order chi connectivity index (χ0) is 50.7. The van der Waals surface area contributed by atoms with Crippen molar-refractivity contribution in [3.63, 3.8) is 0 Å². The van der Waals surface area contributed by atoms with E-state index in [-0.39, 0.29) is 21.7 Å². The Kier molecular flexibility index (Phi) is 9.58. The van der Waals surface area contributed by atoms with E-state index in [4.69, 9.17) is 0 Å². The zero-order valence-electron chi connectivity index (χ0n) is 44.6. The van der Waals surface area contributed by atoms with Crippen LogP contribution in [-0.4, -0.2) is 13.7 Å². The van der Waals surface area contributed by atoms with Crippen molar-refractivity contribution in [2.75, 3.05) is 0 Å². The Morgan fingerprint density at radius 2 is 0.726 bits per heavy atom. The van der Waals surface area contributed by atoms with Gasteiger partial charge in [-0.3, -0.25) is 0 Å². The van der Waals surface area contributed by atoms with Gasteiger partial charge in [-0.15, -0.1) is 0 Å². The summed E-state index contributed by atoms with van der Waals surface area (Å²) in [6, 6.07) is 65.4. The van der Waals surface area contributed by atoms with Crippen LogP contribution in [0, 0.1) is 0 Å². The van der Waals surface area contributed by atoms with Gasteiger partial charge in [-0.2, -0.15) is 0 Å². The van der Waals surface area contributed by atoms with E-state index in [1.807, 2.05) is 0 Å². The quantitative estimate of drug-likeness (QED) is 0.167. The van der Waals surface area contributed by atoms with Gasteiger partial charge in [-0.25, -0.2) is 0 Å². The maximum atomic E-state index is 2.59. The summed E-state index contributed by atoms with van der Waals surface area (Å²) in [4.78, 5) is 0. The summed E-state index contributed by atoms with van der Waals surface area (Å²) in [6.07, 6.45) is 2.48. The second-order valence-electron chi connectivity index (χ2n) is 25.2. The normalized spacial score (nSPS) is 13.6. The van der Waals surface area contributed by atoms with Gasteiger partial charge >= 0.3 is 0 Å². The van der Waals surface area contributed by atoms with Crippen LogP contribution in [0.4, 0.5) is 0 Å². The molecule has 0 aliphatic heterocycles. The number of fused-ring (bicyclic) bond motifs is 9. The van der Waals surface area contributed by atoms with Crippen molar-refractivity contribution >= 4 is 88.0 Å². The molecule has 1 aliphatic rings. The second-order valence-corrected chi connectivity index (χ2v) is 25.2. The van der Waals surface area contributed by atoms with Gasteiger partial charge in [0.2, 0.25) is 0 Å². The molecule has 0 fully saturated rings. The summed E-state index contributed by atoms with van der Waals surface area (Å²) < 4.78 is 7.62. The SMILES string of the molecule is CC(C)(C)c1ccc2c(c1)c1cc(C(C)(C)C)ccc1n2-c1ccc2c3ccc(-n4c5ccc(C(C)(C)C)cc5c5cc(C(C)(C)C)ccc54)cc3n(C3=Cc4c(-c5ccccc5)ccc5cccc3c45)c2c1. The van der Waals surface area contributed by atoms with Gasteiger partial charge in [0, 0.05) is 49.3 Å². The molecule has 0 saturated heterocycles. The van der Waals surface area contributed by atoms with Crippen molar-refractivity contribution in [1.82, 2.24) is 13.7 Å². The summed E-state index contributed by atoms with van der Waals surface area (Å²) in [5.74, 6) is 0. The lowest BCUT2D eigenvalue weighted by atomic mass is 9.85. The molecule has 0 amide bonds. The van der Waals surface area contributed by atoms with E-state index >= 15 is 0 Å². The van der Waals surface area contributed by atoms with Crippen LogP contribution < -0.4 is 0 Å². The minimum atomic E-state index is 0.0166. The lowest BCUT2D eigenvalue weighted by Crippen LogP contribution is -2.10. The van der Waals surface area contributed by atoms with Crippen molar-refractivity contribution in [2.24, 2.45) is 0 Å². The van der Waals surface area contributed by atoms with Crippen LogP contribution in [0.15, 0.2) is 170 Å². The first-order valence-electron chi connectivity index (χ1n) is 26.3. The molecule has 0 spiro atoms. The number of hydrogen-bond acceptors (Lipinski definition) is 0. The Labute approximate surface area is 430 Å². The molecule has 0 saturated carbocycles. The van der Waals surface area contributed by atoms with Gasteiger partial charge in [0.05, 0.1) is 38.8 Å². The van der Waals surface area contributed by atoms with Crippen molar-refractivity contribution in [3.8, 4) is 22.5 Å². The molecule has 3 heteroatoms. The van der Waals surface area contributed by atoms with Gasteiger partial charge in [0.15, 0.2) is 0 Å². The molecule has 3 aromatic heterocycles. The van der Waals surface area contributed by atoms with Crippen molar-refractivity contribution in [1.29, 1.82) is 0 Å². The average Bonchev–Trinajstić information content (AvgIpc) is 4.09. The standard InChI is InChI=1S/C70H65N3/c1-67(2,3)44-22-31-59-54(35-44)55-36-45(68(4,5)6)23-32-60(55)71(59)48-26-29-51-52-30-27-49(72-61-33-24-46(69(7,8)9)37-56(61)57-38-47(70(10,11)12)25-34-62(57)72)40-64(52)73(63(51)39-48)65-41-58-50(42-17-14-13-15-18-42)28-21-43-19-16-20-53(65)66(43)58/h13-41H,1-12H3. The summed E-state index contributed by atoms with van der Waals surface area (Å²) >= 11 is 0. The molecule has 73 heavy (non-hydrogen) atoms. The Hall–Kier alpha value is -7.62. The van der Waals surface area contributed by atoms with Crippen LogP contribution >= 0.6 is 0 Å². The van der Waals surface area contributed by atoms with Crippen molar-refractivity contribution in [2.45, 2.75) is 105 Å². The number of benzene rings is 9. The topological polar surface area (TPSA) is 14.8 Å². The molecule has 0 N–H and O–H groups in total. The fourth-order valence-corrected chi connectivity index (χ4v) is 12.0. The number of hydrogen-bond donors (Lipinski definition) is 0. The highest BCUT2D eigenvalue weighted by Gasteiger charge is 2.28. The van der Waals surface area contributed by atoms with E-state index in [9.17, 15) is 0 Å². The Balaban J connectivity index is 1.12. The molecule has 0 bridgehead atoms.